The minimum atomic E-state index is -0.204. The molecular weight excluding hydrogens is 338 g/mol. The number of carbonyl (C=O) groups excluding carboxylic acids is 2. The van der Waals surface area contributed by atoms with E-state index in [1.165, 1.54) is 0 Å². The molecule has 0 aromatic heterocycles. The number of nitrogens with one attached hydrogen (secondary N) is 1. The first-order chi connectivity index (χ1) is 12.0. The first-order valence-electron chi connectivity index (χ1n) is 8.20. The molecule has 0 bridgehead atoms. The summed E-state index contributed by atoms with van der Waals surface area (Å²) in [6.07, 6.45) is 1.50. The van der Waals surface area contributed by atoms with E-state index in [0.29, 0.717) is 23.7 Å². The molecule has 2 aromatic carbocycles. The summed E-state index contributed by atoms with van der Waals surface area (Å²) in [6.45, 7) is 1.22. The number of hydrogen-bond donors (Lipinski definition) is 1. The zero-order valence-electron chi connectivity index (χ0n) is 14.0. The SMILES string of the molecule is CN(Cc1cccc(Cl)c1)C(=O)Nc1ccc(N2CCCC2=O)cc1. The van der Waals surface area contributed by atoms with Crippen molar-refractivity contribution < 1.29 is 9.59 Å². The molecule has 1 aliphatic rings. The average Bonchev–Trinajstić information content (AvgIpc) is 3.01. The highest BCUT2D eigenvalue weighted by molar-refractivity contribution is 6.30. The fourth-order valence-electron chi connectivity index (χ4n) is 2.85. The molecule has 1 fully saturated rings. The molecule has 1 aliphatic heterocycles. The summed E-state index contributed by atoms with van der Waals surface area (Å²) in [4.78, 5) is 27.4. The molecule has 0 unspecified atom stereocenters. The maximum absolute atomic E-state index is 12.3. The number of nitrogens with zero attached hydrogens (tertiary/aromatic N) is 2. The van der Waals surface area contributed by atoms with Crippen LogP contribution >= 0.6 is 11.6 Å². The molecule has 2 aromatic rings. The van der Waals surface area contributed by atoms with Gasteiger partial charge in [0.15, 0.2) is 0 Å². The number of urea groups is 1. The van der Waals surface area contributed by atoms with Crippen molar-refractivity contribution in [3.05, 3.63) is 59.1 Å². The molecule has 25 heavy (non-hydrogen) atoms. The van der Waals surface area contributed by atoms with Crippen LogP contribution in [-0.2, 0) is 11.3 Å². The van der Waals surface area contributed by atoms with Gasteiger partial charge in [-0.2, -0.15) is 0 Å². The van der Waals surface area contributed by atoms with Crippen molar-refractivity contribution >= 4 is 34.9 Å². The average molecular weight is 358 g/mol. The van der Waals surface area contributed by atoms with E-state index in [9.17, 15) is 9.59 Å². The summed E-state index contributed by atoms with van der Waals surface area (Å²) in [5, 5.41) is 3.51. The molecule has 3 rings (SSSR count). The Morgan fingerprint density at radius 3 is 2.64 bits per heavy atom. The lowest BCUT2D eigenvalue weighted by molar-refractivity contribution is -0.117. The van der Waals surface area contributed by atoms with Gasteiger partial charge in [0.1, 0.15) is 0 Å². The molecule has 3 amide bonds. The fraction of sp³-hybridized carbons (Fsp3) is 0.263. The van der Waals surface area contributed by atoms with Gasteiger partial charge < -0.3 is 15.1 Å². The van der Waals surface area contributed by atoms with Crippen LogP contribution in [-0.4, -0.2) is 30.4 Å². The Morgan fingerprint density at radius 2 is 2.00 bits per heavy atom. The molecular formula is C19H20ClN3O2. The number of carbonyl (C=O) groups is 2. The van der Waals surface area contributed by atoms with Crippen molar-refractivity contribution in [1.29, 1.82) is 0 Å². The predicted octanol–water partition coefficient (Wildman–Crippen LogP) is 4.13. The third-order valence-electron chi connectivity index (χ3n) is 4.16. The first kappa shape index (κ1) is 17.3. The van der Waals surface area contributed by atoms with Crippen LogP contribution < -0.4 is 10.2 Å². The smallest absolute Gasteiger partial charge is 0.321 e. The van der Waals surface area contributed by atoms with Crippen molar-refractivity contribution in [2.24, 2.45) is 0 Å². The quantitative estimate of drug-likeness (QED) is 0.894. The highest BCUT2D eigenvalue weighted by Crippen LogP contribution is 2.23. The number of halogens is 1. The minimum absolute atomic E-state index is 0.151. The molecule has 0 atom stereocenters. The Labute approximate surface area is 152 Å². The highest BCUT2D eigenvalue weighted by Gasteiger charge is 2.21. The van der Waals surface area contributed by atoms with E-state index in [0.717, 1.165) is 24.2 Å². The van der Waals surface area contributed by atoms with Gasteiger partial charge in [-0.25, -0.2) is 4.79 Å². The van der Waals surface area contributed by atoms with Gasteiger partial charge >= 0.3 is 6.03 Å². The van der Waals surface area contributed by atoms with Gasteiger partial charge in [0.2, 0.25) is 5.91 Å². The Hall–Kier alpha value is -2.53. The second-order valence-electron chi connectivity index (χ2n) is 6.11. The summed E-state index contributed by atoms with van der Waals surface area (Å²) in [5.41, 5.74) is 2.53. The van der Waals surface area contributed by atoms with E-state index < -0.39 is 0 Å². The van der Waals surface area contributed by atoms with E-state index in [1.807, 2.05) is 42.5 Å². The molecule has 0 aliphatic carbocycles. The van der Waals surface area contributed by atoms with Gasteiger partial charge in [0.05, 0.1) is 0 Å². The van der Waals surface area contributed by atoms with E-state index in [1.54, 1.807) is 22.9 Å². The van der Waals surface area contributed by atoms with Crippen LogP contribution in [0.15, 0.2) is 48.5 Å². The molecule has 130 valence electrons. The van der Waals surface area contributed by atoms with Crippen molar-refractivity contribution in [3.63, 3.8) is 0 Å². The number of rotatable bonds is 4. The molecule has 1 saturated heterocycles. The number of amides is 3. The molecule has 5 nitrogen and oxygen atoms in total. The fourth-order valence-corrected chi connectivity index (χ4v) is 3.06. The Balaban J connectivity index is 1.59. The van der Waals surface area contributed by atoms with Gasteiger partial charge in [0, 0.05) is 43.0 Å². The van der Waals surface area contributed by atoms with E-state index in [4.69, 9.17) is 11.6 Å². The van der Waals surface area contributed by atoms with Crippen LogP contribution in [0.1, 0.15) is 18.4 Å². The molecule has 6 heteroatoms. The standard InChI is InChI=1S/C19H20ClN3O2/c1-22(13-14-4-2-5-15(20)12-14)19(25)21-16-7-9-17(10-8-16)23-11-3-6-18(23)24/h2,4-5,7-10,12H,3,6,11,13H2,1H3,(H,21,25). The minimum Gasteiger partial charge on any atom is -0.323 e. The Kier molecular flexibility index (Phi) is 5.24. The molecule has 1 N–H and O–H groups in total. The van der Waals surface area contributed by atoms with Crippen LogP contribution in [0.4, 0.5) is 16.2 Å². The largest absolute Gasteiger partial charge is 0.323 e. The van der Waals surface area contributed by atoms with Gasteiger partial charge in [-0.15, -0.1) is 0 Å². The number of hydrogen-bond acceptors (Lipinski definition) is 2. The van der Waals surface area contributed by atoms with Crippen LogP contribution in [0, 0.1) is 0 Å². The van der Waals surface area contributed by atoms with Crippen LogP contribution in [0.5, 0.6) is 0 Å². The third kappa shape index (κ3) is 4.31. The molecule has 0 radical (unpaired) electrons. The molecule has 1 heterocycles. The zero-order valence-corrected chi connectivity index (χ0v) is 14.8. The summed E-state index contributed by atoms with van der Waals surface area (Å²) < 4.78 is 0. The predicted molar refractivity (Wildman–Crippen MR) is 100.0 cm³/mol. The first-order valence-corrected chi connectivity index (χ1v) is 8.58. The van der Waals surface area contributed by atoms with Crippen LogP contribution in [0.2, 0.25) is 5.02 Å². The van der Waals surface area contributed by atoms with Gasteiger partial charge in [-0.05, 0) is 48.4 Å². The van der Waals surface area contributed by atoms with Gasteiger partial charge in [-0.3, -0.25) is 4.79 Å². The van der Waals surface area contributed by atoms with E-state index in [2.05, 4.69) is 5.32 Å². The lowest BCUT2D eigenvalue weighted by Gasteiger charge is -2.19. The lowest BCUT2D eigenvalue weighted by atomic mass is 10.2. The number of benzene rings is 2. The monoisotopic (exact) mass is 357 g/mol. The second kappa shape index (κ2) is 7.57. The summed E-state index contributed by atoms with van der Waals surface area (Å²) >= 11 is 5.97. The molecule has 0 saturated carbocycles. The third-order valence-corrected chi connectivity index (χ3v) is 4.39. The highest BCUT2D eigenvalue weighted by atomic mass is 35.5. The summed E-state index contributed by atoms with van der Waals surface area (Å²) in [5.74, 6) is 0.151. The maximum atomic E-state index is 12.3. The van der Waals surface area contributed by atoms with Crippen molar-refractivity contribution in [1.82, 2.24) is 4.90 Å². The normalized spacial score (nSPS) is 13.8. The van der Waals surface area contributed by atoms with Crippen LogP contribution in [0.25, 0.3) is 0 Å². The van der Waals surface area contributed by atoms with Crippen molar-refractivity contribution in [2.45, 2.75) is 19.4 Å². The Bertz CT molecular complexity index is 776. The van der Waals surface area contributed by atoms with Crippen molar-refractivity contribution in [2.75, 3.05) is 23.8 Å². The number of anilines is 2. The van der Waals surface area contributed by atoms with E-state index >= 15 is 0 Å². The second-order valence-corrected chi connectivity index (χ2v) is 6.55. The topological polar surface area (TPSA) is 52.7 Å². The van der Waals surface area contributed by atoms with Gasteiger partial charge in [-0.1, -0.05) is 23.7 Å². The van der Waals surface area contributed by atoms with Crippen molar-refractivity contribution in [3.8, 4) is 0 Å². The van der Waals surface area contributed by atoms with Gasteiger partial charge in [0.25, 0.3) is 0 Å². The molecule has 0 spiro atoms. The Morgan fingerprint density at radius 1 is 1.24 bits per heavy atom. The maximum Gasteiger partial charge on any atom is 0.321 e. The summed E-state index contributed by atoms with van der Waals surface area (Å²) in [6, 6.07) is 14.6. The lowest BCUT2D eigenvalue weighted by Crippen LogP contribution is -2.30. The van der Waals surface area contributed by atoms with Crippen LogP contribution in [0.3, 0.4) is 0 Å². The zero-order chi connectivity index (χ0) is 17.8. The van der Waals surface area contributed by atoms with E-state index in [-0.39, 0.29) is 11.9 Å². The summed E-state index contributed by atoms with van der Waals surface area (Å²) in [7, 11) is 1.73.